The van der Waals surface area contributed by atoms with Crippen LogP contribution in [0.25, 0.3) is 0 Å². The average molecular weight is 465 g/mol. The van der Waals surface area contributed by atoms with Gasteiger partial charge in [0.25, 0.3) is 0 Å². The lowest BCUT2D eigenvalue weighted by Crippen LogP contribution is -2.31. The molecule has 188 valence electrons. The van der Waals surface area contributed by atoms with Gasteiger partial charge in [-0.3, -0.25) is 0 Å². The summed E-state index contributed by atoms with van der Waals surface area (Å²) in [7, 11) is 0. The molecule has 0 bridgehead atoms. The van der Waals surface area contributed by atoms with Crippen molar-refractivity contribution in [2.75, 3.05) is 39.6 Å². The zero-order chi connectivity index (χ0) is 23.4. The molecule has 2 aromatic rings. The minimum absolute atomic E-state index is 0.613. The van der Waals surface area contributed by atoms with E-state index in [-0.39, 0.29) is 0 Å². The van der Waals surface area contributed by atoms with Crippen molar-refractivity contribution >= 4 is 0 Å². The van der Waals surface area contributed by atoms with E-state index in [9.17, 15) is 0 Å². The number of unbranched alkanes of at least 4 members (excludes halogenated alkanes) is 6. The Labute approximate surface area is 201 Å². The van der Waals surface area contributed by atoms with Crippen LogP contribution in [0, 0.1) is 0 Å². The number of nitrogens with zero attached hydrogens (tertiary/aromatic N) is 4. The van der Waals surface area contributed by atoms with Crippen molar-refractivity contribution in [1.82, 2.24) is 9.13 Å². The third kappa shape index (κ3) is 13.6. The summed E-state index contributed by atoms with van der Waals surface area (Å²) >= 11 is 0. The van der Waals surface area contributed by atoms with E-state index < -0.39 is 0 Å². The van der Waals surface area contributed by atoms with Crippen molar-refractivity contribution in [3.05, 3.63) is 37.4 Å². The molecule has 0 aliphatic carbocycles. The zero-order valence-corrected chi connectivity index (χ0v) is 21.2. The standard InChI is InChI=1S/C26H48N4O3/c1-3-5-7-9-11-27-13-15-29(25-27)17-19-31-21-23-33-24-22-32-20-18-30-16-14-28(26-30)12-10-8-6-4-2/h13-16,25-26H,3-12,17-24H2,1-2H3/q+2. The first-order valence-electron chi connectivity index (χ1n) is 13.1. The first-order chi connectivity index (χ1) is 16.3. The second-order valence-electron chi connectivity index (χ2n) is 8.74. The van der Waals surface area contributed by atoms with Gasteiger partial charge in [0, 0.05) is 0 Å². The summed E-state index contributed by atoms with van der Waals surface area (Å²) in [6.45, 7) is 12.4. The summed E-state index contributed by atoms with van der Waals surface area (Å²) < 4.78 is 25.9. The van der Waals surface area contributed by atoms with Gasteiger partial charge >= 0.3 is 0 Å². The van der Waals surface area contributed by atoms with E-state index in [0.717, 1.165) is 26.2 Å². The minimum Gasteiger partial charge on any atom is -0.377 e. The molecule has 0 radical (unpaired) electrons. The van der Waals surface area contributed by atoms with Gasteiger partial charge in [0.2, 0.25) is 12.7 Å². The fourth-order valence-electron chi connectivity index (χ4n) is 3.73. The molecule has 0 atom stereocenters. The van der Waals surface area contributed by atoms with E-state index >= 15 is 0 Å². The van der Waals surface area contributed by atoms with Gasteiger partial charge in [-0.25, -0.2) is 18.3 Å². The molecule has 0 spiro atoms. The summed E-state index contributed by atoms with van der Waals surface area (Å²) in [6.07, 6.45) is 23.3. The molecule has 2 aromatic heterocycles. The predicted octanol–water partition coefficient (Wildman–Crippen LogP) is 3.78. The molecule has 2 heterocycles. The van der Waals surface area contributed by atoms with E-state index in [1.165, 1.54) is 51.4 Å². The molecular weight excluding hydrogens is 416 g/mol. The molecule has 2 rings (SSSR count). The van der Waals surface area contributed by atoms with Crippen molar-refractivity contribution in [2.24, 2.45) is 0 Å². The summed E-state index contributed by atoms with van der Waals surface area (Å²) in [5, 5.41) is 0. The molecule has 0 aromatic carbocycles. The maximum absolute atomic E-state index is 5.69. The first-order valence-corrected chi connectivity index (χ1v) is 13.1. The Bertz CT molecular complexity index is 643. The van der Waals surface area contributed by atoms with Gasteiger partial charge in [0.15, 0.2) is 0 Å². The van der Waals surface area contributed by atoms with E-state index in [1.807, 2.05) is 0 Å². The highest BCUT2D eigenvalue weighted by atomic mass is 16.5. The highest BCUT2D eigenvalue weighted by Crippen LogP contribution is 1.99. The third-order valence-corrected chi connectivity index (χ3v) is 5.76. The van der Waals surface area contributed by atoms with Crippen molar-refractivity contribution in [1.29, 1.82) is 0 Å². The van der Waals surface area contributed by atoms with Crippen LogP contribution in [0.1, 0.15) is 65.2 Å². The molecule has 0 unspecified atom stereocenters. The normalized spacial score (nSPS) is 11.5. The maximum Gasteiger partial charge on any atom is 0.243 e. The van der Waals surface area contributed by atoms with Crippen LogP contribution in [0.15, 0.2) is 37.4 Å². The molecule has 0 N–H and O–H groups in total. The lowest BCUT2D eigenvalue weighted by atomic mass is 10.2. The predicted molar refractivity (Wildman–Crippen MR) is 130 cm³/mol. The highest BCUT2D eigenvalue weighted by molar-refractivity contribution is 4.66. The van der Waals surface area contributed by atoms with Gasteiger partial charge in [-0.1, -0.05) is 39.5 Å². The fourth-order valence-corrected chi connectivity index (χ4v) is 3.73. The molecule has 0 aliphatic heterocycles. The van der Waals surface area contributed by atoms with Crippen LogP contribution >= 0.6 is 0 Å². The number of rotatable bonds is 22. The lowest BCUT2D eigenvalue weighted by Gasteiger charge is -2.06. The van der Waals surface area contributed by atoms with Gasteiger partial charge in [-0.2, -0.15) is 0 Å². The van der Waals surface area contributed by atoms with Crippen LogP contribution in [-0.2, 0) is 40.4 Å². The number of imidazole rings is 2. The maximum atomic E-state index is 5.69. The second-order valence-corrected chi connectivity index (χ2v) is 8.74. The van der Waals surface area contributed by atoms with Crippen molar-refractivity contribution in [3.8, 4) is 0 Å². The smallest absolute Gasteiger partial charge is 0.243 e. The molecule has 7 nitrogen and oxygen atoms in total. The molecule has 0 aliphatic rings. The Balaban J connectivity index is 1.36. The topological polar surface area (TPSA) is 45.3 Å². The SMILES string of the molecule is CCCCCC[n+]1ccn(CCOCCOCCOCCn2cc[n+](CCCCCC)c2)c1. The van der Waals surface area contributed by atoms with E-state index in [2.05, 4.69) is 69.6 Å². The van der Waals surface area contributed by atoms with Crippen molar-refractivity contribution in [3.63, 3.8) is 0 Å². The zero-order valence-electron chi connectivity index (χ0n) is 21.2. The fraction of sp³-hybridized carbons (Fsp3) is 0.769. The highest BCUT2D eigenvalue weighted by Gasteiger charge is 2.04. The summed E-state index contributed by atoms with van der Waals surface area (Å²) in [5.41, 5.74) is 0. The van der Waals surface area contributed by atoms with Gasteiger partial charge in [0.05, 0.1) is 52.7 Å². The molecule has 0 fully saturated rings. The number of aromatic nitrogens is 4. The Hall–Kier alpha value is -1.70. The van der Waals surface area contributed by atoms with Crippen LogP contribution in [-0.4, -0.2) is 48.8 Å². The Morgan fingerprint density at radius 2 is 0.970 bits per heavy atom. The van der Waals surface area contributed by atoms with Crippen molar-refractivity contribution < 1.29 is 23.3 Å². The van der Waals surface area contributed by atoms with Gasteiger partial charge < -0.3 is 14.2 Å². The first kappa shape index (κ1) is 27.5. The summed E-state index contributed by atoms with van der Waals surface area (Å²) in [6, 6.07) is 0. The third-order valence-electron chi connectivity index (χ3n) is 5.76. The largest absolute Gasteiger partial charge is 0.377 e. The summed E-state index contributed by atoms with van der Waals surface area (Å²) in [5.74, 6) is 0. The Morgan fingerprint density at radius 1 is 0.545 bits per heavy atom. The van der Waals surface area contributed by atoms with E-state index in [0.29, 0.717) is 39.6 Å². The number of aryl methyl sites for hydroxylation is 2. The monoisotopic (exact) mass is 464 g/mol. The lowest BCUT2D eigenvalue weighted by molar-refractivity contribution is -0.697. The van der Waals surface area contributed by atoms with Gasteiger partial charge in [-0.05, 0) is 25.7 Å². The average Bonchev–Trinajstić information content (AvgIpc) is 3.47. The van der Waals surface area contributed by atoms with E-state index in [4.69, 9.17) is 14.2 Å². The Kier molecular flexibility index (Phi) is 15.6. The van der Waals surface area contributed by atoms with Crippen LogP contribution in [0.5, 0.6) is 0 Å². The van der Waals surface area contributed by atoms with Gasteiger partial charge in [-0.15, -0.1) is 0 Å². The van der Waals surface area contributed by atoms with Crippen molar-refractivity contribution in [2.45, 2.75) is 91.4 Å². The molecule has 0 amide bonds. The number of ether oxygens (including phenoxy) is 3. The van der Waals surface area contributed by atoms with Gasteiger partial charge in [0.1, 0.15) is 37.9 Å². The second kappa shape index (κ2) is 18.7. The van der Waals surface area contributed by atoms with E-state index in [1.54, 1.807) is 0 Å². The quantitative estimate of drug-likeness (QED) is 0.197. The molecule has 33 heavy (non-hydrogen) atoms. The summed E-state index contributed by atoms with van der Waals surface area (Å²) in [4.78, 5) is 0. The molecule has 0 saturated heterocycles. The molecule has 7 heteroatoms. The van der Waals surface area contributed by atoms with Crippen LogP contribution in [0.2, 0.25) is 0 Å². The number of hydrogen-bond acceptors (Lipinski definition) is 3. The minimum atomic E-state index is 0.613. The molecular formula is C26H48N4O3+2. The number of hydrogen-bond donors (Lipinski definition) is 0. The van der Waals surface area contributed by atoms with Crippen LogP contribution < -0.4 is 9.13 Å². The van der Waals surface area contributed by atoms with Crippen LogP contribution in [0.3, 0.4) is 0 Å². The molecule has 0 saturated carbocycles. The van der Waals surface area contributed by atoms with Crippen LogP contribution in [0.4, 0.5) is 0 Å². The Morgan fingerprint density at radius 3 is 1.39 bits per heavy atom.